The van der Waals surface area contributed by atoms with Crippen molar-refractivity contribution < 1.29 is 9.63 Å². The number of hydrogen-bond donors (Lipinski definition) is 0. The Morgan fingerprint density at radius 2 is 1.89 bits per heavy atom. The lowest BCUT2D eigenvalue weighted by Crippen LogP contribution is -2.46. The molecular formula is C22H33N3O2. The number of piperidine rings is 1. The van der Waals surface area contributed by atoms with Gasteiger partial charge in [-0.3, -0.25) is 9.63 Å². The van der Waals surface area contributed by atoms with Crippen LogP contribution in [0.2, 0.25) is 0 Å². The normalized spacial score (nSPS) is 26.9. The van der Waals surface area contributed by atoms with Gasteiger partial charge in [-0.2, -0.15) is 5.06 Å². The number of nitrogens with zero attached hydrogens (tertiary/aromatic N) is 3. The van der Waals surface area contributed by atoms with Crippen LogP contribution in [0.3, 0.4) is 0 Å². The Hall–Kier alpha value is -1.43. The van der Waals surface area contributed by atoms with Gasteiger partial charge < -0.3 is 9.80 Å². The lowest BCUT2D eigenvalue weighted by atomic mass is 9.79. The quantitative estimate of drug-likeness (QED) is 0.770. The zero-order valence-corrected chi connectivity index (χ0v) is 16.4. The predicted molar refractivity (Wildman–Crippen MR) is 106 cm³/mol. The number of hydrogen-bond acceptors (Lipinski definition) is 4. The van der Waals surface area contributed by atoms with E-state index in [1.807, 2.05) is 5.06 Å². The van der Waals surface area contributed by atoms with Crippen molar-refractivity contribution in [1.29, 1.82) is 0 Å². The van der Waals surface area contributed by atoms with Crippen molar-refractivity contribution in [1.82, 2.24) is 14.9 Å². The predicted octanol–water partition coefficient (Wildman–Crippen LogP) is 2.57. The molecule has 4 rings (SSSR count). The van der Waals surface area contributed by atoms with E-state index in [1.165, 1.54) is 31.4 Å². The molecule has 3 saturated heterocycles. The Morgan fingerprint density at radius 1 is 1.00 bits per heavy atom. The molecule has 1 spiro atoms. The van der Waals surface area contributed by atoms with Crippen molar-refractivity contribution >= 4 is 5.91 Å². The van der Waals surface area contributed by atoms with Gasteiger partial charge in [-0.05, 0) is 44.2 Å². The molecule has 5 nitrogen and oxygen atoms in total. The Kier molecular flexibility index (Phi) is 6.11. The van der Waals surface area contributed by atoms with Crippen LogP contribution in [0.5, 0.6) is 0 Å². The van der Waals surface area contributed by atoms with Crippen LogP contribution in [-0.2, 0) is 16.1 Å². The van der Waals surface area contributed by atoms with Crippen LogP contribution in [0.1, 0.15) is 37.7 Å². The third kappa shape index (κ3) is 4.89. The summed E-state index contributed by atoms with van der Waals surface area (Å²) in [5.41, 5.74) is 1.75. The molecule has 0 bridgehead atoms. The van der Waals surface area contributed by atoms with Crippen LogP contribution >= 0.6 is 0 Å². The first kappa shape index (κ1) is 18.9. The highest BCUT2D eigenvalue weighted by Crippen LogP contribution is 2.39. The van der Waals surface area contributed by atoms with Crippen LogP contribution in [-0.4, -0.2) is 73.2 Å². The maximum absolute atomic E-state index is 12.7. The van der Waals surface area contributed by atoms with Crippen molar-refractivity contribution in [2.75, 3.05) is 52.4 Å². The van der Waals surface area contributed by atoms with Gasteiger partial charge in [-0.1, -0.05) is 30.3 Å². The van der Waals surface area contributed by atoms with E-state index in [2.05, 4.69) is 40.1 Å². The molecule has 1 aromatic carbocycles. The van der Waals surface area contributed by atoms with E-state index in [0.29, 0.717) is 17.7 Å². The monoisotopic (exact) mass is 371 g/mol. The van der Waals surface area contributed by atoms with Crippen LogP contribution in [0, 0.1) is 5.41 Å². The summed E-state index contributed by atoms with van der Waals surface area (Å²) in [5.74, 6) is 0.309. The lowest BCUT2D eigenvalue weighted by molar-refractivity contribution is -0.138. The fourth-order valence-corrected chi connectivity index (χ4v) is 4.97. The summed E-state index contributed by atoms with van der Waals surface area (Å²) < 4.78 is 0. The first-order valence-corrected chi connectivity index (χ1v) is 10.6. The molecule has 27 heavy (non-hydrogen) atoms. The van der Waals surface area contributed by atoms with Crippen LogP contribution in [0.4, 0.5) is 0 Å². The van der Waals surface area contributed by atoms with Gasteiger partial charge in [-0.25, -0.2) is 0 Å². The molecule has 3 heterocycles. The smallest absolute Gasteiger partial charge is 0.223 e. The average Bonchev–Trinajstić information content (AvgIpc) is 3.36. The first-order valence-electron chi connectivity index (χ1n) is 10.6. The second-order valence-electron chi connectivity index (χ2n) is 8.55. The summed E-state index contributed by atoms with van der Waals surface area (Å²) >= 11 is 0. The van der Waals surface area contributed by atoms with E-state index >= 15 is 0 Å². The van der Waals surface area contributed by atoms with Gasteiger partial charge in [0.05, 0.1) is 6.61 Å². The highest BCUT2D eigenvalue weighted by Gasteiger charge is 2.42. The number of hydroxylamine groups is 2. The summed E-state index contributed by atoms with van der Waals surface area (Å²) in [6, 6.07) is 10.8. The minimum absolute atomic E-state index is 0.309. The average molecular weight is 372 g/mol. The number of amides is 1. The Balaban J connectivity index is 1.25. The fraction of sp³-hybridized carbons (Fsp3) is 0.682. The third-order valence-electron chi connectivity index (χ3n) is 6.49. The van der Waals surface area contributed by atoms with Crippen LogP contribution < -0.4 is 0 Å². The van der Waals surface area contributed by atoms with Gasteiger partial charge in [0.1, 0.15) is 0 Å². The molecular weight excluding hydrogens is 338 g/mol. The van der Waals surface area contributed by atoms with E-state index in [-0.39, 0.29) is 0 Å². The molecule has 148 valence electrons. The molecule has 0 saturated carbocycles. The summed E-state index contributed by atoms with van der Waals surface area (Å²) in [5, 5.41) is 1.95. The van der Waals surface area contributed by atoms with Crippen molar-refractivity contribution in [2.24, 2.45) is 5.41 Å². The molecule has 3 aliphatic heterocycles. The standard InChI is InChI=1S/C22H33N3O2/c26-21(9-15-25-13-5-17-27-25)24-16-11-22(19-24)10-4-12-23(18-22)14-8-20-6-2-1-3-7-20/h1-3,6-7H,4-5,8-19H2/t22-/m1/s1. The molecule has 0 aromatic heterocycles. The molecule has 0 N–H and O–H groups in total. The van der Waals surface area contributed by atoms with Crippen LogP contribution in [0.25, 0.3) is 0 Å². The van der Waals surface area contributed by atoms with E-state index < -0.39 is 0 Å². The van der Waals surface area contributed by atoms with E-state index in [1.54, 1.807) is 0 Å². The number of benzene rings is 1. The van der Waals surface area contributed by atoms with E-state index in [0.717, 1.165) is 58.7 Å². The molecule has 0 radical (unpaired) electrons. The summed E-state index contributed by atoms with van der Waals surface area (Å²) in [7, 11) is 0. The van der Waals surface area contributed by atoms with E-state index in [9.17, 15) is 4.79 Å². The molecule has 0 unspecified atom stereocenters. The molecule has 1 atom stereocenters. The van der Waals surface area contributed by atoms with Gasteiger partial charge in [0, 0.05) is 51.1 Å². The Morgan fingerprint density at radius 3 is 2.70 bits per heavy atom. The van der Waals surface area contributed by atoms with Gasteiger partial charge in [0.2, 0.25) is 5.91 Å². The molecule has 0 aliphatic carbocycles. The zero-order chi connectivity index (χ0) is 18.5. The zero-order valence-electron chi connectivity index (χ0n) is 16.4. The van der Waals surface area contributed by atoms with E-state index in [4.69, 9.17) is 4.84 Å². The Labute approximate surface area is 163 Å². The number of carbonyl (C=O) groups excluding carboxylic acids is 1. The molecule has 1 amide bonds. The highest BCUT2D eigenvalue weighted by atomic mass is 16.7. The molecule has 1 aromatic rings. The largest absolute Gasteiger partial charge is 0.342 e. The maximum atomic E-state index is 12.7. The second kappa shape index (κ2) is 8.72. The van der Waals surface area contributed by atoms with Gasteiger partial charge in [0.15, 0.2) is 0 Å². The van der Waals surface area contributed by atoms with Gasteiger partial charge in [-0.15, -0.1) is 0 Å². The Bertz CT molecular complexity index is 617. The topological polar surface area (TPSA) is 36.0 Å². The SMILES string of the molecule is O=C(CCN1CCCO1)N1CC[C@@]2(CCCN(CCc3ccccc3)C2)C1. The maximum Gasteiger partial charge on any atom is 0.223 e. The molecule has 5 heteroatoms. The summed E-state index contributed by atoms with van der Waals surface area (Å²) in [4.78, 5) is 22.9. The highest BCUT2D eigenvalue weighted by molar-refractivity contribution is 5.76. The lowest BCUT2D eigenvalue weighted by Gasteiger charge is -2.40. The first-order chi connectivity index (χ1) is 13.2. The summed E-state index contributed by atoms with van der Waals surface area (Å²) in [6.45, 7) is 7.89. The molecule has 3 fully saturated rings. The third-order valence-corrected chi connectivity index (χ3v) is 6.49. The van der Waals surface area contributed by atoms with Crippen molar-refractivity contribution in [3.05, 3.63) is 35.9 Å². The van der Waals surface area contributed by atoms with Crippen molar-refractivity contribution in [2.45, 2.75) is 38.5 Å². The van der Waals surface area contributed by atoms with Crippen molar-refractivity contribution in [3.63, 3.8) is 0 Å². The fourth-order valence-electron chi connectivity index (χ4n) is 4.97. The van der Waals surface area contributed by atoms with Gasteiger partial charge in [0.25, 0.3) is 0 Å². The van der Waals surface area contributed by atoms with Gasteiger partial charge >= 0.3 is 0 Å². The number of likely N-dealkylation sites (tertiary alicyclic amines) is 2. The van der Waals surface area contributed by atoms with Crippen molar-refractivity contribution in [3.8, 4) is 0 Å². The minimum atomic E-state index is 0.309. The minimum Gasteiger partial charge on any atom is -0.342 e. The summed E-state index contributed by atoms with van der Waals surface area (Å²) in [6.07, 6.45) is 6.50. The second-order valence-corrected chi connectivity index (χ2v) is 8.55. The van der Waals surface area contributed by atoms with Crippen LogP contribution in [0.15, 0.2) is 30.3 Å². The number of carbonyl (C=O) groups is 1. The molecule has 3 aliphatic rings. The number of rotatable bonds is 6.